The van der Waals surface area contributed by atoms with Gasteiger partial charge in [-0.1, -0.05) is 23.4 Å². The van der Waals surface area contributed by atoms with Gasteiger partial charge in [-0.05, 0) is 48.9 Å². The zero-order chi connectivity index (χ0) is 27.2. The van der Waals surface area contributed by atoms with Gasteiger partial charge in [0.15, 0.2) is 11.9 Å². The summed E-state index contributed by atoms with van der Waals surface area (Å²) in [6.07, 6.45) is -8.99. The molecule has 0 bridgehead atoms. The van der Waals surface area contributed by atoms with Gasteiger partial charge >= 0.3 is 18.1 Å². The van der Waals surface area contributed by atoms with E-state index >= 15 is 0 Å². The van der Waals surface area contributed by atoms with Crippen molar-refractivity contribution in [3.8, 4) is 22.0 Å². The van der Waals surface area contributed by atoms with Crippen molar-refractivity contribution in [2.24, 2.45) is 0 Å². The van der Waals surface area contributed by atoms with Gasteiger partial charge in [-0.3, -0.25) is 14.5 Å². The Hall–Kier alpha value is -3.52. The van der Waals surface area contributed by atoms with Crippen LogP contribution in [0.3, 0.4) is 0 Å². The molecule has 1 aliphatic rings. The van der Waals surface area contributed by atoms with E-state index in [2.05, 4.69) is 24.6 Å². The second kappa shape index (κ2) is 9.66. The van der Waals surface area contributed by atoms with Crippen LogP contribution in [-0.2, 0) is 17.5 Å². The molecule has 1 aromatic carbocycles. The Balaban J connectivity index is 1.39. The van der Waals surface area contributed by atoms with Gasteiger partial charge < -0.3 is 4.74 Å². The van der Waals surface area contributed by atoms with E-state index in [1.54, 1.807) is 18.2 Å². The summed E-state index contributed by atoms with van der Waals surface area (Å²) >= 11 is 0.686. The number of aromatic amines is 1. The molecule has 1 saturated carbocycles. The summed E-state index contributed by atoms with van der Waals surface area (Å²) in [6.45, 7) is 1.02. The fraction of sp³-hybridized carbons (Fsp3) is 0.333. The van der Waals surface area contributed by atoms with Gasteiger partial charge in [0, 0.05) is 17.3 Å². The average molecular weight is 556 g/mol. The first-order chi connectivity index (χ1) is 17.9. The Morgan fingerprint density at radius 1 is 1.16 bits per heavy atom. The quantitative estimate of drug-likeness (QED) is 0.259. The number of thiazole rings is 1. The number of halogens is 6. The molecule has 5 rings (SSSR count). The van der Waals surface area contributed by atoms with Crippen molar-refractivity contribution in [2.75, 3.05) is 0 Å². The minimum Gasteiger partial charge on any atom is -0.358 e. The van der Waals surface area contributed by atoms with Gasteiger partial charge in [0.2, 0.25) is 0 Å². The SMILES string of the molecule is Cc1nc(-c2ccc(C(F)(F)F)nc2)sc1C(OCc1ccc(-c2noc(=O)[nH]2)c(C2CC2)c1)C(F)(F)F. The van der Waals surface area contributed by atoms with E-state index in [1.165, 1.54) is 6.92 Å². The number of nitrogens with one attached hydrogen (secondary N) is 1. The number of rotatable bonds is 7. The third-order valence-corrected chi connectivity index (χ3v) is 7.16. The highest BCUT2D eigenvalue weighted by molar-refractivity contribution is 7.15. The second-order valence-electron chi connectivity index (χ2n) is 8.77. The molecular formula is C24H18F6N4O3S. The number of hydrogen-bond acceptors (Lipinski definition) is 7. The molecule has 38 heavy (non-hydrogen) atoms. The first kappa shape index (κ1) is 26.1. The lowest BCUT2D eigenvalue weighted by molar-refractivity contribution is -0.226. The third kappa shape index (κ3) is 5.50. The largest absolute Gasteiger partial charge is 0.439 e. The molecule has 1 unspecified atom stereocenters. The van der Waals surface area contributed by atoms with Crippen molar-refractivity contribution < 1.29 is 35.6 Å². The molecule has 1 atom stereocenters. The maximum atomic E-state index is 14.1. The lowest BCUT2D eigenvalue weighted by atomic mass is 10.00. The monoisotopic (exact) mass is 556 g/mol. The Morgan fingerprint density at radius 2 is 1.92 bits per heavy atom. The number of alkyl halides is 6. The van der Waals surface area contributed by atoms with Crippen LogP contribution in [0.4, 0.5) is 26.3 Å². The number of H-pyrrole nitrogens is 1. The zero-order valence-corrected chi connectivity index (χ0v) is 20.3. The van der Waals surface area contributed by atoms with E-state index in [0.717, 1.165) is 36.7 Å². The normalized spacial score (nSPS) is 15.1. The lowest BCUT2D eigenvalue weighted by Gasteiger charge is -2.20. The van der Waals surface area contributed by atoms with Gasteiger partial charge in [-0.2, -0.15) is 26.3 Å². The highest BCUT2D eigenvalue weighted by Crippen LogP contribution is 2.45. The van der Waals surface area contributed by atoms with Crippen LogP contribution in [0.1, 0.15) is 52.3 Å². The Morgan fingerprint density at radius 3 is 2.50 bits per heavy atom. The van der Waals surface area contributed by atoms with E-state index in [9.17, 15) is 31.1 Å². The van der Waals surface area contributed by atoms with Crippen LogP contribution < -0.4 is 5.76 Å². The molecule has 1 N–H and O–H groups in total. The Bertz CT molecular complexity index is 1500. The topological polar surface area (TPSA) is 93.9 Å². The third-order valence-electron chi connectivity index (χ3n) is 5.91. The van der Waals surface area contributed by atoms with Gasteiger partial charge in [0.1, 0.15) is 10.7 Å². The maximum Gasteiger partial charge on any atom is 0.439 e. The van der Waals surface area contributed by atoms with E-state index in [-0.39, 0.29) is 39.5 Å². The smallest absolute Gasteiger partial charge is 0.358 e. The molecule has 4 aromatic rings. The summed E-state index contributed by atoms with van der Waals surface area (Å²) in [4.78, 5) is 21.1. The van der Waals surface area contributed by atoms with Crippen LogP contribution in [0.2, 0.25) is 0 Å². The second-order valence-corrected chi connectivity index (χ2v) is 9.80. The number of pyridine rings is 1. The molecule has 0 saturated heterocycles. The van der Waals surface area contributed by atoms with Crippen LogP contribution in [0.15, 0.2) is 45.8 Å². The molecule has 200 valence electrons. The summed E-state index contributed by atoms with van der Waals surface area (Å²) in [5.41, 5.74) is 1.04. The minimum atomic E-state index is -4.77. The van der Waals surface area contributed by atoms with Crippen molar-refractivity contribution in [1.29, 1.82) is 0 Å². The summed E-state index contributed by atoms with van der Waals surface area (Å²) in [5.74, 6) is -0.288. The number of hydrogen-bond donors (Lipinski definition) is 1. The Kier molecular flexibility index (Phi) is 6.63. The molecule has 1 fully saturated rings. The Labute approximate surface area is 214 Å². The van der Waals surface area contributed by atoms with Gasteiger partial charge in [0.05, 0.1) is 17.2 Å². The van der Waals surface area contributed by atoms with Crippen molar-refractivity contribution in [1.82, 2.24) is 20.1 Å². The van der Waals surface area contributed by atoms with Crippen LogP contribution in [0, 0.1) is 6.92 Å². The van der Waals surface area contributed by atoms with Gasteiger partial charge in [0.25, 0.3) is 0 Å². The van der Waals surface area contributed by atoms with Gasteiger partial charge in [-0.25, -0.2) is 9.78 Å². The molecule has 0 spiro atoms. The van der Waals surface area contributed by atoms with Crippen LogP contribution >= 0.6 is 11.3 Å². The number of benzene rings is 1. The summed E-state index contributed by atoms with van der Waals surface area (Å²) < 4.78 is 90.5. The zero-order valence-electron chi connectivity index (χ0n) is 19.5. The molecule has 7 nitrogen and oxygen atoms in total. The minimum absolute atomic E-state index is 0.0521. The molecule has 0 aliphatic heterocycles. The standard InChI is InChI=1S/C24H18F6N4O3S/c1-11-18(38-21(32-11)14-5-7-17(31-9-14)23(25,26)27)19(24(28,29)30)36-10-12-2-6-15(16(8-12)13-3-4-13)20-33-22(35)37-34-20/h2,5-9,13,19H,3-4,10H2,1H3,(H,33,34,35). The molecule has 14 heteroatoms. The molecule has 3 heterocycles. The molecular weight excluding hydrogens is 538 g/mol. The van der Waals surface area contributed by atoms with Crippen molar-refractivity contribution in [2.45, 2.75) is 50.7 Å². The van der Waals surface area contributed by atoms with E-state index in [1.807, 2.05) is 0 Å². The molecule has 0 amide bonds. The fourth-order valence-electron chi connectivity index (χ4n) is 3.96. The average Bonchev–Trinajstić information content (AvgIpc) is 3.50. The van der Waals surface area contributed by atoms with Crippen LogP contribution in [-0.4, -0.2) is 26.3 Å². The first-order valence-electron chi connectivity index (χ1n) is 11.3. The number of aryl methyl sites for hydroxylation is 1. The summed E-state index contributed by atoms with van der Waals surface area (Å²) in [5, 5.41) is 3.79. The molecule has 1 aliphatic carbocycles. The lowest BCUT2D eigenvalue weighted by Crippen LogP contribution is -2.23. The predicted molar refractivity (Wildman–Crippen MR) is 123 cm³/mol. The van der Waals surface area contributed by atoms with Crippen molar-refractivity contribution >= 4 is 11.3 Å². The fourth-order valence-corrected chi connectivity index (χ4v) is 5.09. The van der Waals surface area contributed by atoms with E-state index in [0.29, 0.717) is 22.5 Å². The van der Waals surface area contributed by atoms with Crippen molar-refractivity contribution in [3.05, 3.63) is 74.5 Å². The molecule has 3 aromatic heterocycles. The summed E-state index contributed by atoms with van der Waals surface area (Å²) in [6, 6.07) is 6.83. The predicted octanol–water partition coefficient (Wildman–Crippen LogP) is 6.57. The number of ether oxygens (including phenoxy) is 1. The van der Waals surface area contributed by atoms with Gasteiger partial charge in [-0.15, -0.1) is 11.3 Å². The van der Waals surface area contributed by atoms with E-state index in [4.69, 9.17) is 4.74 Å². The molecule has 0 radical (unpaired) electrons. The van der Waals surface area contributed by atoms with Crippen molar-refractivity contribution in [3.63, 3.8) is 0 Å². The number of aromatic nitrogens is 4. The maximum absolute atomic E-state index is 14.1. The van der Waals surface area contributed by atoms with Crippen LogP contribution in [0.25, 0.3) is 22.0 Å². The van der Waals surface area contributed by atoms with E-state index < -0.39 is 29.9 Å². The highest BCUT2D eigenvalue weighted by Gasteiger charge is 2.44. The number of nitrogens with zero attached hydrogens (tertiary/aromatic N) is 3. The van der Waals surface area contributed by atoms with Crippen LogP contribution in [0.5, 0.6) is 0 Å². The highest BCUT2D eigenvalue weighted by atomic mass is 32.1. The first-order valence-corrected chi connectivity index (χ1v) is 12.1. The summed E-state index contributed by atoms with van der Waals surface area (Å²) in [7, 11) is 0.